The number of carbonyl (C=O) groups excluding carboxylic acids is 1. The van der Waals surface area contributed by atoms with Crippen LogP contribution in [0, 0.1) is 17.2 Å². The van der Waals surface area contributed by atoms with E-state index in [9.17, 15) is 4.79 Å². The van der Waals surface area contributed by atoms with E-state index in [1.165, 1.54) is 0 Å². The molecule has 1 saturated heterocycles. The molecule has 1 amide bonds. The summed E-state index contributed by atoms with van der Waals surface area (Å²) >= 11 is 7.53. The first-order chi connectivity index (χ1) is 8.15. The van der Waals surface area contributed by atoms with Gasteiger partial charge >= 0.3 is 0 Å². The predicted molar refractivity (Wildman–Crippen MR) is 73.2 cm³/mol. The van der Waals surface area contributed by atoms with Crippen LogP contribution >= 0.6 is 28.6 Å². The number of thiol groups is 1. The molecule has 1 aliphatic rings. The Morgan fingerprint density at radius 1 is 1.59 bits per heavy atom. The first-order valence-corrected chi connectivity index (χ1v) is 6.69. The van der Waals surface area contributed by atoms with Crippen molar-refractivity contribution in [2.75, 3.05) is 17.2 Å². The van der Waals surface area contributed by atoms with E-state index < -0.39 is 0 Å². The van der Waals surface area contributed by atoms with Crippen LogP contribution in [0.3, 0.4) is 0 Å². The molecule has 0 saturated carbocycles. The lowest BCUT2D eigenvalue weighted by atomic mass is 10.1. The number of carbonyl (C=O) groups is 1. The topological polar surface area (TPSA) is 44.1 Å². The summed E-state index contributed by atoms with van der Waals surface area (Å²) in [6.45, 7) is 0.689. The molecule has 0 N–H and O–H groups in total. The van der Waals surface area contributed by atoms with E-state index in [0.717, 1.165) is 10.2 Å². The van der Waals surface area contributed by atoms with Crippen molar-refractivity contribution < 1.29 is 4.79 Å². The second-order valence-electron chi connectivity index (χ2n) is 4.03. The van der Waals surface area contributed by atoms with E-state index in [1.807, 2.05) is 6.07 Å². The first kappa shape index (κ1) is 12.5. The van der Waals surface area contributed by atoms with Gasteiger partial charge in [0.1, 0.15) is 6.07 Å². The van der Waals surface area contributed by atoms with Crippen molar-refractivity contribution in [3.63, 3.8) is 0 Å². The Bertz CT molecular complexity index is 498. The summed E-state index contributed by atoms with van der Waals surface area (Å²) in [6, 6.07) is 7.49. The van der Waals surface area contributed by atoms with E-state index in [4.69, 9.17) is 5.26 Å². The molecule has 1 aromatic carbocycles. The number of nitrogens with zero attached hydrogens (tertiary/aromatic N) is 2. The van der Waals surface area contributed by atoms with E-state index in [0.29, 0.717) is 30.2 Å². The average Bonchev–Trinajstić information content (AvgIpc) is 2.71. The van der Waals surface area contributed by atoms with Crippen molar-refractivity contribution in [1.82, 2.24) is 0 Å². The number of amides is 1. The number of hydrogen-bond donors (Lipinski definition) is 1. The Balaban J connectivity index is 2.30. The van der Waals surface area contributed by atoms with Gasteiger partial charge in [0.25, 0.3) is 0 Å². The number of rotatable bonds is 2. The second-order valence-corrected chi connectivity index (χ2v) is 5.25. The molecule has 0 spiro atoms. The summed E-state index contributed by atoms with van der Waals surface area (Å²) < 4.78 is 0.751. The molecular formula is C12H11BrN2OS. The highest BCUT2D eigenvalue weighted by molar-refractivity contribution is 9.10. The molecule has 17 heavy (non-hydrogen) atoms. The normalized spacial score (nSPS) is 19.5. The summed E-state index contributed by atoms with van der Waals surface area (Å²) in [7, 11) is 0. The van der Waals surface area contributed by atoms with Gasteiger partial charge in [-0.3, -0.25) is 4.79 Å². The second kappa shape index (κ2) is 5.11. The van der Waals surface area contributed by atoms with Crippen molar-refractivity contribution in [2.24, 2.45) is 5.92 Å². The van der Waals surface area contributed by atoms with Gasteiger partial charge in [-0.2, -0.15) is 17.9 Å². The minimum atomic E-state index is 0.107. The Hall–Kier alpha value is -0.990. The Morgan fingerprint density at radius 3 is 2.94 bits per heavy atom. The summed E-state index contributed by atoms with van der Waals surface area (Å²) in [5.74, 6) is 1.12. The van der Waals surface area contributed by atoms with Gasteiger partial charge in [0.15, 0.2) is 0 Å². The number of benzene rings is 1. The number of nitriles is 1. The SMILES string of the molecule is N#Cc1cc(N2CC(CS)CC2=O)ccc1Br. The van der Waals surface area contributed by atoms with Crippen molar-refractivity contribution >= 4 is 40.2 Å². The largest absolute Gasteiger partial charge is 0.312 e. The van der Waals surface area contributed by atoms with Gasteiger partial charge in [-0.1, -0.05) is 0 Å². The zero-order valence-corrected chi connectivity index (χ0v) is 11.5. The van der Waals surface area contributed by atoms with Crippen LogP contribution in [0.2, 0.25) is 0 Å². The highest BCUT2D eigenvalue weighted by Gasteiger charge is 2.29. The lowest BCUT2D eigenvalue weighted by molar-refractivity contribution is -0.117. The summed E-state index contributed by atoms with van der Waals surface area (Å²) in [6.07, 6.45) is 0.543. The maximum atomic E-state index is 11.8. The smallest absolute Gasteiger partial charge is 0.227 e. The zero-order chi connectivity index (χ0) is 12.4. The Morgan fingerprint density at radius 2 is 2.35 bits per heavy atom. The summed E-state index contributed by atoms with van der Waals surface area (Å²) in [4.78, 5) is 13.6. The summed E-state index contributed by atoms with van der Waals surface area (Å²) in [5.41, 5.74) is 1.34. The van der Waals surface area contributed by atoms with Crippen LogP contribution in [0.4, 0.5) is 5.69 Å². The number of hydrogen-bond acceptors (Lipinski definition) is 3. The minimum Gasteiger partial charge on any atom is -0.312 e. The van der Waals surface area contributed by atoms with E-state index in [1.54, 1.807) is 17.0 Å². The molecule has 3 nitrogen and oxygen atoms in total. The number of halogens is 1. The maximum Gasteiger partial charge on any atom is 0.227 e. The third-order valence-corrected chi connectivity index (χ3v) is 4.05. The molecule has 1 aliphatic heterocycles. The lowest BCUT2D eigenvalue weighted by Gasteiger charge is -2.17. The van der Waals surface area contributed by atoms with E-state index >= 15 is 0 Å². The van der Waals surface area contributed by atoms with Crippen molar-refractivity contribution in [3.8, 4) is 6.07 Å². The van der Waals surface area contributed by atoms with Crippen molar-refractivity contribution in [3.05, 3.63) is 28.2 Å². The van der Waals surface area contributed by atoms with Gasteiger partial charge in [-0.05, 0) is 45.8 Å². The molecule has 1 unspecified atom stereocenters. The number of anilines is 1. The first-order valence-electron chi connectivity index (χ1n) is 5.26. The highest BCUT2D eigenvalue weighted by Crippen LogP contribution is 2.28. The van der Waals surface area contributed by atoms with Crippen molar-refractivity contribution in [2.45, 2.75) is 6.42 Å². The molecule has 1 aromatic rings. The zero-order valence-electron chi connectivity index (χ0n) is 9.06. The van der Waals surface area contributed by atoms with Gasteiger partial charge in [-0.25, -0.2) is 0 Å². The molecule has 1 heterocycles. The molecule has 1 fully saturated rings. The van der Waals surface area contributed by atoms with E-state index in [-0.39, 0.29) is 5.91 Å². The van der Waals surface area contributed by atoms with Crippen LogP contribution in [0.25, 0.3) is 0 Å². The molecule has 88 valence electrons. The molecular weight excluding hydrogens is 300 g/mol. The third-order valence-electron chi connectivity index (χ3n) is 2.85. The van der Waals surface area contributed by atoms with Crippen LogP contribution in [0.1, 0.15) is 12.0 Å². The molecule has 5 heteroatoms. The van der Waals surface area contributed by atoms with Gasteiger partial charge in [-0.15, -0.1) is 0 Å². The predicted octanol–water partition coefficient (Wildman–Crippen LogP) is 2.60. The van der Waals surface area contributed by atoms with Crippen LogP contribution < -0.4 is 4.90 Å². The lowest BCUT2D eigenvalue weighted by Crippen LogP contribution is -2.24. The standard InChI is InChI=1S/C12H11BrN2OS/c13-11-2-1-10(4-9(11)5-14)15-6-8(7-17)3-12(15)16/h1-2,4,8,17H,3,6-7H2. The van der Waals surface area contributed by atoms with Crippen LogP contribution in [0.5, 0.6) is 0 Å². The average molecular weight is 311 g/mol. The Kier molecular flexibility index (Phi) is 3.75. The van der Waals surface area contributed by atoms with Crippen LogP contribution in [-0.2, 0) is 4.79 Å². The maximum absolute atomic E-state index is 11.8. The van der Waals surface area contributed by atoms with Gasteiger partial charge < -0.3 is 4.90 Å². The quantitative estimate of drug-likeness (QED) is 0.853. The highest BCUT2D eigenvalue weighted by atomic mass is 79.9. The molecule has 0 bridgehead atoms. The van der Waals surface area contributed by atoms with Gasteiger partial charge in [0.05, 0.1) is 5.56 Å². The van der Waals surface area contributed by atoms with Gasteiger partial charge in [0.2, 0.25) is 5.91 Å². The van der Waals surface area contributed by atoms with Crippen LogP contribution in [-0.4, -0.2) is 18.2 Å². The summed E-state index contributed by atoms with van der Waals surface area (Å²) in [5, 5.41) is 8.95. The minimum absolute atomic E-state index is 0.107. The monoisotopic (exact) mass is 310 g/mol. The fourth-order valence-electron chi connectivity index (χ4n) is 1.92. The van der Waals surface area contributed by atoms with Gasteiger partial charge in [0, 0.05) is 23.1 Å². The van der Waals surface area contributed by atoms with Crippen molar-refractivity contribution in [1.29, 1.82) is 5.26 Å². The molecule has 0 aliphatic carbocycles. The fraction of sp³-hybridized carbons (Fsp3) is 0.333. The van der Waals surface area contributed by atoms with Crippen LogP contribution in [0.15, 0.2) is 22.7 Å². The molecule has 2 rings (SSSR count). The molecule has 0 radical (unpaired) electrons. The molecule has 0 aromatic heterocycles. The Labute approximate surface area is 114 Å². The third kappa shape index (κ3) is 2.48. The molecule has 1 atom stereocenters. The fourth-order valence-corrected chi connectivity index (χ4v) is 2.50. The van der Waals surface area contributed by atoms with E-state index in [2.05, 4.69) is 34.6 Å².